The first kappa shape index (κ1) is 21.5. The molecule has 0 spiro atoms. The van der Waals surface area contributed by atoms with Crippen LogP contribution in [-0.4, -0.2) is 47.1 Å². The minimum atomic E-state index is -0.762. The number of nitrogens with one attached hydrogen (secondary N) is 2. The van der Waals surface area contributed by atoms with E-state index in [0.717, 1.165) is 31.5 Å². The van der Waals surface area contributed by atoms with Gasteiger partial charge in [0.1, 0.15) is 17.5 Å². The smallest absolute Gasteiger partial charge is 0.221 e. The first-order chi connectivity index (χ1) is 12.3. The second kappa shape index (κ2) is 8.46. The third-order valence-electron chi connectivity index (χ3n) is 5.16. The van der Waals surface area contributed by atoms with Crippen molar-refractivity contribution in [2.24, 2.45) is 0 Å². The van der Waals surface area contributed by atoms with Crippen LogP contribution in [0.3, 0.4) is 0 Å². The van der Waals surface area contributed by atoms with Gasteiger partial charge in [-0.2, -0.15) is 0 Å². The number of fused-ring (bicyclic) bond motifs is 1. The van der Waals surface area contributed by atoms with Crippen LogP contribution in [0.4, 0.5) is 11.4 Å². The molecule has 1 aromatic rings. The number of amides is 2. The molecule has 0 saturated carbocycles. The van der Waals surface area contributed by atoms with Crippen LogP contribution < -0.4 is 15.4 Å². The molecule has 150 valence electrons. The lowest BCUT2D eigenvalue weighted by Crippen LogP contribution is -2.54. The molecule has 1 saturated heterocycles. The van der Waals surface area contributed by atoms with Gasteiger partial charge in [-0.05, 0) is 45.8 Å². The zero-order valence-electron chi connectivity index (χ0n) is 15.9. The monoisotopic (exact) mass is 397 g/mol. The van der Waals surface area contributed by atoms with Crippen molar-refractivity contribution in [2.75, 3.05) is 23.7 Å². The number of nitrogens with zero attached hydrogens (tertiary/aromatic N) is 1. The number of piperidine rings is 1. The van der Waals surface area contributed by atoms with Crippen molar-refractivity contribution in [1.82, 2.24) is 4.90 Å². The molecule has 1 fully saturated rings. The van der Waals surface area contributed by atoms with Crippen LogP contribution in [0, 0.1) is 0 Å². The van der Waals surface area contributed by atoms with E-state index in [0.29, 0.717) is 23.5 Å². The third-order valence-corrected chi connectivity index (χ3v) is 5.16. The molecule has 3 N–H and O–H groups in total. The summed E-state index contributed by atoms with van der Waals surface area (Å²) >= 11 is 0. The number of anilines is 2. The number of carbonyl (C=O) groups is 2. The molecule has 8 heteroatoms. The largest absolute Gasteiger partial charge is 0.485 e. The Labute approximate surface area is 165 Å². The Kier molecular flexibility index (Phi) is 6.72. The molecule has 2 heterocycles. The Hall–Kier alpha value is -1.83. The van der Waals surface area contributed by atoms with Gasteiger partial charge >= 0.3 is 0 Å². The van der Waals surface area contributed by atoms with E-state index in [1.54, 1.807) is 12.1 Å². The average Bonchev–Trinajstić information content (AvgIpc) is 2.58. The Morgan fingerprint density at radius 2 is 1.93 bits per heavy atom. The number of likely N-dealkylation sites (tertiary alicyclic amines) is 1. The van der Waals surface area contributed by atoms with E-state index in [4.69, 9.17) is 4.74 Å². The van der Waals surface area contributed by atoms with Gasteiger partial charge in [0.25, 0.3) is 0 Å². The number of hydrogen-bond acceptors (Lipinski definition) is 5. The van der Waals surface area contributed by atoms with Gasteiger partial charge in [-0.25, -0.2) is 0 Å². The molecule has 0 bridgehead atoms. The summed E-state index contributed by atoms with van der Waals surface area (Å²) in [6.45, 7) is 6.98. The fraction of sp³-hybridized carbons (Fsp3) is 0.579. The van der Waals surface area contributed by atoms with Gasteiger partial charge in [0.15, 0.2) is 0 Å². The predicted molar refractivity (Wildman–Crippen MR) is 107 cm³/mol. The van der Waals surface area contributed by atoms with Gasteiger partial charge in [0, 0.05) is 18.6 Å². The molecular weight excluding hydrogens is 370 g/mol. The molecule has 2 aliphatic rings. The van der Waals surface area contributed by atoms with Gasteiger partial charge in [0.05, 0.1) is 17.4 Å². The Bertz CT molecular complexity index is 704. The van der Waals surface area contributed by atoms with E-state index in [2.05, 4.69) is 15.5 Å². The van der Waals surface area contributed by atoms with Crippen molar-refractivity contribution in [3.8, 4) is 5.75 Å². The fourth-order valence-corrected chi connectivity index (χ4v) is 3.88. The maximum Gasteiger partial charge on any atom is 0.221 e. The van der Waals surface area contributed by atoms with Crippen LogP contribution >= 0.6 is 12.4 Å². The maximum atomic E-state index is 11.5. The Balaban J connectivity index is 0.00000261. The molecule has 2 aliphatic heterocycles. The highest BCUT2D eigenvalue weighted by atomic mass is 35.5. The summed E-state index contributed by atoms with van der Waals surface area (Å²) in [5.41, 5.74) is 1.04. The second-order valence-corrected chi connectivity index (χ2v) is 7.57. The van der Waals surface area contributed by atoms with Gasteiger partial charge in [-0.15, -0.1) is 12.4 Å². The first-order valence-corrected chi connectivity index (χ1v) is 9.10. The molecular formula is C19H28ClN3O4. The average molecular weight is 398 g/mol. The third kappa shape index (κ3) is 4.36. The van der Waals surface area contributed by atoms with Crippen LogP contribution in [0.1, 0.15) is 51.6 Å². The van der Waals surface area contributed by atoms with E-state index in [1.165, 1.54) is 13.3 Å². The van der Waals surface area contributed by atoms with E-state index in [9.17, 15) is 14.7 Å². The molecule has 2 atom stereocenters. The highest BCUT2D eigenvalue weighted by Gasteiger charge is 2.45. The molecule has 0 aromatic heterocycles. The standard InChI is InChI=1S/C19H27N3O4.ClH/c1-12(24)21-15-10-16-13(9-14(15)20-11-23)17(18(25)19(2,3)26-16)22-7-5-4-6-8-22;/h9-11,17-18,25H,4-8H2,1-3H3,(H,20,23)(H,21,24);1H. The molecule has 2 amide bonds. The topological polar surface area (TPSA) is 90.9 Å². The Morgan fingerprint density at radius 3 is 2.52 bits per heavy atom. The second-order valence-electron chi connectivity index (χ2n) is 7.57. The maximum absolute atomic E-state index is 11.5. The number of carbonyl (C=O) groups excluding carboxylic acids is 2. The van der Waals surface area contributed by atoms with Crippen molar-refractivity contribution in [3.05, 3.63) is 17.7 Å². The molecule has 0 radical (unpaired) electrons. The zero-order valence-corrected chi connectivity index (χ0v) is 16.8. The molecule has 7 nitrogen and oxygen atoms in total. The lowest BCUT2D eigenvalue weighted by Gasteiger charge is -2.47. The molecule has 3 rings (SSSR count). The quantitative estimate of drug-likeness (QED) is 0.679. The molecule has 0 aliphatic carbocycles. The van der Waals surface area contributed by atoms with Crippen molar-refractivity contribution in [3.63, 3.8) is 0 Å². The zero-order chi connectivity index (χ0) is 18.9. The predicted octanol–water partition coefficient (Wildman–Crippen LogP) is 2.69. The van der Waals surface area contributed by atoms with Crippen LogP contribution in [0.2, 0.25) is 0 Å². The summed E-state index contributed by atoms with van der Waals surface area (Å²) in [5.74, 6) is 0.387. The number of halogens is 1. The fourth-order valence-electron chi connectivity index (χ4n) is 3.88. The van der Waals surface area contributed by atoms with Crippen molar-refractivity contribution < 1.29 is 19.4 Å². The van der Waals surface area contributed by atoms with E-state index in [1.807, 2.05) is 13.8 Å². The van der Waals surface area contributed by atoms with Crippen LogP contribution in [0.25, 0.3) is 0 Å². The number of benzene rings is 1. The summed E-state index contributed by atoms with van der Waals surface area (Å²) in [4.78, 5) is 24.8. The van der Waals surface area contributed by atoms with Crippen LogP contribution in [0.5, 0.6) is 5.75 Å². The summed E-state index contributed by atoms with van der Waals surface area (Å²) in [5, 5.41) is 16.4. The highest BCUT2D eigenvalue weighted by Crippen LogP contribution is 2.46. The summed E-state index contributed by atoms with van der Waals surface area (Å²) < 4.78 is 6.06. The van der Waals surface area contributed by atoms with Crippen molar-refractivity contribution in [1.29, 1.82) is 0 Å². The molecule has 1 aromatic carbocycles. The van der Waals surface area contributed by atoms with Gasteiger partial charge in [0.2, 0.25) is 12.3 Å². The van der Waals surface area contributed by atoms with Gasteiger partial charge in [-0.1, -0.05) is 6.42 Å². The van der Waals surface area contributed by atoms with E-state index in [-0.39, 0.29) is 24.4 Å². The van der Waals surface area contributed by atoms with Crippen molar-refractivity contribution in [2.45, 2.75) is 57.8 Å². The molecule has 27 heavy (non-hydrogen) atoms. The minimum absolute atomic E-state index is 0. The van der Waals surface area contributed by atoms with Crippen LogP contribution in [0.15, 0.2) is 12.1 Å². The van der Waals surface area contributed by atoms with Crippen LogP contribution in [-0.2, 0) is 9.59 Å². The van der Waals surface area contributed by atoms with Gasteiger partial charge in [-0.3, -0.25) is 14.5 Å². The lowest BCUT2D eigenvalue weighted by molar-refractivity contribution is -0.114. The van der Waals surface area contributed by atoms with Crippen molar-refractivity contribution >= 4 is 36.1 Å². The van der Waals surface area contributed by atoms with E-state index < -0.39 is 11.7 Å². The van der Waals surface area contributed by atoms with Gasteiger partial charge < -0.3 is 20.5 Å². The molecule has 2 unspecified atom stereocenters. The SMILES string of the molecule is CC(=O)Nc1cc2c(cc1NC=O)C(N1CCCCC1)C(O)C(C)(C)O2.Cl. The highest BCUT2D eigenvalue weighted by molar-refractivity contribution is 5.95. The number of hydrogen-bond donors (Lipinski definition) is 3. The summed E-state index contributed by atoms with van der Waals surface area (Å²) in [6.07, 6.45) is 3.27. The summed E-state index contributed by atoms with van der Waals surface area (Å²) in [7, 11) is 0. The summed E-state index contributed by atoms with van der Waals surface area (Å²) in [6, 6.07) is 3.31. The number of aliphatic hydroxyl groups excluding tert-OH is 1. The lowest BCUT2D eigenvalue weighted by atomic mass is 9.84. The number of aliphatic hydroxyl groups is 1. The normalized spacial score (nSPS) is 24.0. The Morgan fingerprint density at radius 1 is 1.26 bits per heavy atom. The number of rotatable bonds is 4. The minimum Gasteiger partial charge on any atom is -0.485 e. The first-order valence-electron chi connectivity index (χ1n) is 9.10. The van der Waals surface area contributed by atoms with E-state index >= 15 is 0 Å². The number of ether oxygens (including phenoxy) is 1.